The van der Waals surface area contributed by atoms with Crippen LogP contribution in [0.3, 0.4) is 0 Å². The first-order chi connectivity index (χ1) is 18.6. The first kappa shape index (κ1) is 27.0. The highest BCUT2D eigenvalue weighted by molar-refractivity contribution is 6.31. The number of carbonyl (C=O) groups is 1. The van der Waals surface area contributed by atoms with E-state index in [9.17, 15) is 18.0 Å². The summed E-state index contributed by atoms with van der Waals surface area (Å²) in [7, 11) is 3.82. The SMILES string of the molecule is CN1CCC(C(=O)Cc2cc(Oc3ccc4c(c3)nc(Nc3ccc(Cl)c(C(F)(F)F)c3)n4C)ccn2)CC1. The van der Waals surface area contributed by atoms with Gasteiger partial charge in [0.15, 0.2) is 0 Å². The van der Waals surface area contributed by atoms with E-state index in [2.05, 4.69) is 27.2 Å². The molecule has 0 bridgehead atoms. The second-order valence-corrected chi connectivity index (χ2v) is 10.2. The normalized spacial score (nSPS) is 15.0. The third-order valence-electron chi connectivity index (χ3n) is 6.93. The molecule has 0 saturated carbocycles. The van der Waals surface area contributed by atoms with Gasteiger partial charge in [-0.05, 0) is 69.4 Å². The van der Waals surface area contributed by atoms with Crippen molar-refractivity contribution in [1.29, 1.82) is 0 Å². The highest BCUT2D eigenvalue weighted by Gasteiger charge is 2.33. The molecule has 0 radical (unpaired) electrons. The van der Waals surface area contributed by atoms with Gasteiger partial charge in [-0.15, -0.1) is 0 Å². The Morgan fingerprint density at radius 3 is 2.56 bits per heavy atom. The lowest BCUT2D eigenvalue weighted by Gasteiger charge is -2.27. The maximum absolute atomic E-state index is 13.3. The number of nitrogens with zero attached hydrogens (tertiary/aromatic N) is 4. The number of anilines is 2. The second-order valence-electron chi connectivity index (χ2n) is 9.77. The molecule has 1 aliphatic rings. The van der Waals surface area contributed by atoms with Crippen LogP contribution in [-0.4, -0.2) is 45.4 Å². The fourth-order valence-electron chi connectivity index (χ4n) is 4.71. The molecule has 0 atom stereocenters. The van der Waals surface area contributed by atoms with Crippen molar-refractivity contribution in [3.05, 3.63) is 71.0 Å². The van der Waals surface area contributed by atoms with Gasteiger partial charge in [0.1, 0.15) is 17.3 Å². The number of benzene rings is 2. The summed E-state index contributed by atoms with van der Waals surface area (Å²) in [6.45, 7) is 1.85. The fourth-order valence-corrected chi connectivity index (χ4v) is 4.93. The zero-order valence-corrected chi connectivity index (χ0v) is 22.2. The number of likely N-dealkylation sites (tertiary alicyclic amines) is 1. The molecule has 0 aliphatic carbocycles. The molecule has 0 amide bonds. The molecule has 11 heteroatoms. The Bertz CT molecular complexity index is 1510. The van der Waals surface area contributed by atoms with Crippen LogP contribution in [0, 0.1) is 5.92 Å². The molecule has 0 spiro atoms. The molecule has 7 nitrogen and oxygen atoms in total. The number of aromatic nitrogens is 3. The summed E-state index contributed by atoms with van der Waals surface area (Å²) < 4.78 is 47.5. The van der Waals surface area contributed by atoms with Gasteiger partial charge in [0.25, 0.3) is 0 Å². The van der Waals surface area contributed by atoms with Crippen molar-refractivity contribution in [2.75, 3.05) is 25.5 Å². The summed E-state index contributed by atoms with van der Waals surface area (Å²) in [5.74, 6) is 1.69. The van der Waals surface area contributed by atoms with Crippen LogP contribution in [-0.2, 0) is 24.4 Å². The van der Waals surface area contributed by atoms with E-state index in [1.54, 1.807) is 42.1 Å². The molecule has 4 aromatic rings. The lowest BCUT2D eigenvalue weighted by atomic mass is 9.90. The van der Waals surface area contributed by atoms with Gasteiger partial charge >= 0.3 is 6.18 Å². The van der Waals surface area contributed by atoms with Crippen molar-refractivity contribution in [2.45, 2.75) is 25.4 Å². The largest absolute Gasteiger partial charge is 0.457 e. The minimum atomic E-state index is -4.57. The summed E-state index contributed by atoms with van der Waals surface area (Å²) in [4.78, 5) is 23.9. The predicted molar refractivity (Wildman–Crippen MR) is 144 cm³/mol. The molecule has 5 rings (SSSR count). The van der Waals surface area contributed by atoms with E-state index in [0.717, 1.165) is 37.5 Å². The van der Waals surface area contributed by atoms with Gasteiger partial charge in [-0.2, -0.15) is 13.2 Å². The number of halogens is 4. The maximum Gasteiger partial charge on any atom is 0.417 e. The molecule has 1 N–H and O–H groups in total. The van der Waals surface area contributed by atoms with Crippen LogP contribution in [0.2, 0.25) is 5.02 Å². The number of imidazole rings is 1. The molecule has 1 aliphatic heterocycles. The van der Waals surface area contributed by atoms with Crippen LogP contribution < -0.4 is 10.1 Å². The summed E-state index contributed by atoms with van der Waals surface area (Å²) in [5.41, 5.74) is 1.29. The summed E-state index contributed by atoms with van der Waals surface area (Å²) in [5, 5.41) is 2.56. The number of hydrogen-bond donors (Lipinski definition) is 1. The van der Waals surface area contributed by atoms with E-state index in [-0.39, 0.29) is 28.8 Å². The number of pyridine rings is 1. The average Bonchev–Trinajstić information content (AvgIpc) is 3.19. The molecule has 1 saturated heterocycles. The summed E-state index contributed by atoms with van der Waals surface area (Å²) in [6, 6.07) is 12.4. The van der Waals surface area contributed by atoms with E-state index in [1.165, 1.54) is 12.1 Å². The van der Waals surface area contributed by atoms with Gasteiger partial charge < -0.3 is 19.5 Å². The van der Waals surface area contributed by atoms with Crippen LogP contribution in [0.25, 0.3) is 11.0 Å². The predicted octanol–water partition coefficient (Wildman–Crippen LogP) is 6.63. The molecule has 2 aromatic heterocycles. The first-order valence-corrected chi connectivity index (χ1v) is 12.9. The molecule has 3 heterocycles. The van der Waals surface area contributed by atoms with E-state index in [0.29, 0.717) is 28.7 Å². The molecule has 2 aromatic carbocycles. The number of fused-ring (bicyclic) bond motifs is 1. The number of carbonyl (C=O) groups excluding carboxylic acids is 1. The van der Waals surface area contributed by atoms with Gasteiger partial charge in [0.05, 0.1) is 27.3 Å². The number of nitrogens with one attached hydrogen (secondary N) is 1. The van der Waals surface area contributed by atoms with E-state index >= 15 is 0 Å². The molecular formula is C28H27ClF3N5O2. The number of alkyl halides is 3. The van der Waals surface area contributed by atoms with Crippen molar-refractivity contribution >= 4 is 40.1 Å². The highest BCUT2D eigenvalue weighted by atomic mass is 35.5. The van der Waals surface area contributed by atoms with Crippen molar-refractivity contribution in [3.8, 4) is 11.5 Å². The topological polar surface area (TPSA) is 72.3 Å². The van der Waals surface area contributed by atoms with Crippen LogP contribution in [0.4, 0.5) is 24.8 Å². The Morgan fingerprint density at radius 2 is 1.82 bits per heavy atom. The van der Waals surface area contributed by atoms with Crippen LogP contribution in [0.15, 0.2) is 54.7 Å². The van der Waals surface area contributed by atoms with E-state index in [4.69, 9.17) is 16.3 Å². The molecule has 39 heavy (non-hydrogen) atoms. The standard InChI is InChI=1S/C28H27ClF3N5O2/c1-36-11-8-17(9-12-36)26(38)15-19-13-21(7-10-33-19)39-20-4-6-25-24(16-20)35-27(37(25)2)34-18-3-5-23(29)22(14-18)28(30,31)32/h3-7,10,13-14,16-17H,8-9,11-12,15H2,1-2H3,(H,34,35). The number of hydrogen-bond acceptors (Lipinski definition) is 6. The van der Waals surface area contributed by atoms with E-state index in [1.807, 2.05) is 6.07 Å². The van der Waals surface area contributed by atoms with Gasteiger partial charge in [0, 0.05) is 43.4 Å². The average molecular weight is 558 g/mol. The van der Waals surface area contributed by atoms with Crippen molar-refractivity contribution in [1.82, 2.24) is 19.4 Å². The van der Waals surface area contributed by atoms with Crippen molar-refractivity contribution in [3.63, 3.8) is 0 Å². The monoisotopic (exact) mass is 557 g/mol. The third kappa shape index (κ3) is 6.17. The van der Waals surface area contributed by atoms with Gasteiger partial charge in [-0.25, -0.2) is 4.98 Å². The smallest absolute Gasteiger partial charge is 0.417 e. The van der Waals surface area contributed by atoms with Crippen LogP contribution in [0.5, 0.6) is 11.5 Å². The van der Waals surface area contributed by atoms with E-state index < -0.39 is 11.7 Å². The molecule has 1 fully saturated rings. The minimum Gasteiger partial charge on any atom is -0.457 e. The molecular weight excluding hydrogens is 531 g/mol. The van der Waals surface area contributed by atoms with Crippen molar-refractivity contribution in [2.24, 2.45) is 13.0 Å². The van der Waals surface area contributed by atoms with Crippen LogP contribution >= 0.6 is 11.6 Å². The first-order valence-electron chi connectivity index (χ1n) is 12.5. The summed E-state index contributed by atoms with van der Waals surface area (Å²) in [6.07, 6.45) is -0.946. The molecule has 204 valence electrons. The Hall–Kier alpha value is -3.63. The Morgan fingerprint density at radius 1 is 1.08 bits per heavy atom. The number of ether oxygens (including phenoxy) is 1. The Labute approximate surface area is 228 Å². The highest BCUT2D eigenvalue weighted by Crippen LogP contribution is 2.37. The van der Waals surface area contributed by atoms with Crippen molar-refractivity contribution < 1.29 is 22.7 Å². The third-order valence-corrected chi connectivity index (χ3v) is 7.26. The number of piperidine rings is 1. The lowest BCUT2D eigenvalue weighted by Crippen LogP contribution is -2.34. The zero-order chi connectivity index (χ0) is 27.7. The number of rotatable bonds is 7. The quantitative estimate of drug-likeness (QED) is 0.275. The lowest BCUT2D eigenvalue weighted by molar-refractivity contribution is -0.137. The number of Topliss-reactive ketones (excluding diaryl/α,β-unsaturated/α-hetero) is 1. The van der Waals surface area contributed by atoms with Crippen LogP contribution in [0.1, 0.15) is 24.1 Å². The molecule has 0 unspecified atom stereocenters. The van der Waals surface area contributed by atoms with Gasteiger partial charge in [-0.1, -0.05) is 11.6 Å². The second kappa shape index (κ2) is 10.9. The number of aryl methyl sites for hydroxylation is 1. The summed E-state index contributed by atoms with van der Waals surface area (Å²) >= 11 is 5.73. The maximum atomic E-state index is 13.3. The fraction of sp³-hybridized carbons (Fsp3) is 0.321. The Kier molecular flexibility index (Phi) is 7.51. The zero-order valence-electron chi connectivity index (χ0n) is 21.4. The Balaban J connectivity index is 1.30. The van der Waals surface area contributed by atoms with Gasteiger partial charge in [0.2, 0.25) is 5.95 Å². The van der Waals surface area contributed by atoms with Gasteiger partial charge in [-0.3, -0.25) is 9.78 Å². The minimum absolute atomic E-state index is 0.0647. The number of ketones is 1.